The van der Waals surface area contributed by atoms with Crippen molar-refractivity contribution >= 4 is 28.9 Å². The topological polar surface area (TPSA) is 42.0 Å². The summed E-state index contributed by atoms with van der Waals surface area (Å²) in [7, 11) is 1.57. The van der Waals surface area contributed by atoms with Crippen LogP contribution in [0, 0.1) is 0 Å². The van der Waals surface area contributed by atoms with Crippen LogP contribution >= 0.6 is 12.2 Å². The van der Waals surface area contributed by atoms with Gasteiger partial charge >= 0.3 is 0 Å². The minimum atomic E-state index is -0.713. The molecule has 6 heteroatoms. The summed E-state index contributed by atoms with van der Waals surface area (Å²) in [6.45, 7) is 2.03. The second kappa shape index (κ2) is 7.39. The largest absolute Gasteiger partial charge is 0.496 e. The summed E-state index contributed by atoms with van der Waals surface area (Å²) in [4.78, 5) is 17.5. The van der Waals surface area contributed by atoms with Gasteiger partial charge in [0.2, 0.25) is 0 Å². The van der Waals surface area contributed by atoms with Crippen molar-refractivity contribution < 1.29 is 14.3 Å². The number of anilines is 1. The first-order valence-corrected chi connectivity index (χ1v) is 10.6. The molecule has 0 aliphatic carbocycles. The predicted molar refractivity (Wildman–Crippen MR) is 124 cm³/mol. The van der Waals surface area contributed by atoms with Crippen LogP contribution in [0.4, 0.5) is 5.69 Å². The van der Waals surface area contributed by atoms with Crippen molar-refractivity contribution in [3.8, 4) is 11.5 Å². The number of benzene rings is 3. The van der Waals surface area contributed by atoms with Crippen LogP contribution in [0.5, 0.6) is 11.5 Å². The molecular weight excluding hydrogens is 408 g/mol. The molecule has 156 valence electrons. The molecule has 5 rings (SSSR count). The summed E-state index contributed by atoms with van der Waals surface area (Å²) in [6.07, 6.45) is 0.583. The van der Waals surface area contributed by atoms with Crippen molar-refractivity contribution in [3.63, 3.8) is 0 Å². The quantitative estimate of drug-likeness (QED) is 0.536. The molecule has 2 heterocycles. The highest BCUT2D eigenvalue weighted by molar-refractivity contribution is 7.80. The summed E-state index contributed by atoms with van der Waals surface area (Å²) in [5, 5.41) is 0.412. The van der Waals surface area contributed by atoms with Crippen molar-refractivity contribution in [1.82, 2.24) is 4.90 Å². The fourth-order valence-electron chi connectivity index (χ4n) is 4.55. The normalized spacial score (nSPS) is 21.9. The van der Waals surface area contributed by atoms with Gasteiger partial charge in [0.05, 0.1) is 18.7 Å². The lowest BCUT2D eigenvalue weighted by Crippen LogP contribution is -2.67. The van der Waals surface area contributed by atoms with Crippen molar-refractivity contribution in [2.75, 3.05) is 12.0 Å². The van der Waals surface area contributed by atoms with Crippen LogP contribution in [0.25, 0.3) is 0 Å². The maximum Gasteiger partial charge on any atom is 0.264 e. The Balaban J connectivity index is 1.69. The molecule has 2 aliphatic heterocycles. The van der Waals surface area contributed by atoms with E-state index in [1.165, 1.54) is 0 Å². The SMILES string of the molecule is COc1ccccc1C(=O)N1C(=S)N(c2ccccc2)[C@@]2(C)C[C@@H]1c1ccccc1O2. The molecule has 5 nitrogen and oxygen atoms in total. The number of thiocarbonyl (C=S) groups is 1. The third-order valence-electron chi connectivity index (χ3n) is 5.93. The van der Waals surface area contributed by atoms with E-state index in [0.29, 0.717) is 22.8 Å². The Hall–Kier alpha value is -3.38. The number of ether oxygens (including phenoxy) is 2. The minimum Gasteiger partial charge on any atom is -0.496 e. The lowest BCUT2D eigenvalue weighted by atomic mass is 9.88. The summed E-state index contributed by atoms with van der Waals surface area (Å²) in [5.41, 5.74) is 1.60. The van der Waals surface area contributed by atoms with E-state index < -0.39 is 5.72 Å². The highest BCUT2D eigenvalue weighted by Gasteiger charge is 2.53. The van der Waals surface area contributed by atoms with E-state index in [4.69, 9.17) is 21.7 Å². The average Bonchev–Trinajstić information content (AvgIpc) is 2.79. The van der Waals surface area contributed by atoms with Crippen molar-refractivity contribution in [2.45, 2.75) is 25.1 Å². The van der Waals surface area contributed by atoms with Crippen LogP contribution in [-0.2, 0) is 0 Å². The Morgan fingerprint density at radius 2 is 1.71 bits per heavy atom. The van der Waals surface area contributed by atoms with Crippen LogP contribution in [0.15, 0.2) is 78.9 Å². The smallest absolute Gasteiger partial charge is 0.264 e. The Labute approximate surface area is 186 Å². The molecule has 3 aromatic rings. The second-order valence-corrected chi connectivity index (χ2v) is 8.23. The Morgan fingerprint density at radius 3 is 2.48 bits per heavy atom. The lowest BCUT2D eigenvalue weighted by Gasteiger charge is -2.55. The number of carbonyl (C=O) groups excluding carboxylic acids is 1. The summed E-state index contributed by atoms with van der Waals surface area (Å²) in [5.74, 6) is 1.10. The van der Waals surface area contributed by atoms with Crippen molar-refractivity contribution in [3.05, 3.63) is 90.0 Å². The molecule has 0 radical (unpaired) electrons. The van der Waals surface area contributed by atoms with Gasteiger partial charge in [-0.1, -0.05) is 48.5 Å². The first-order valence-electron chi connectivity index (χ1n) is 10.2. The molecule has 0 saturated carbocycles. The Morgan fingerprint density at radius 1 is 1.03 bits per heavy atom. The van der Waals surface area contributed by atoms with Gasteiger partial charge in [-0.05, 0) is 49.5 Å². The number of nitrogens with zero attached hydrogens (tertiary/aromatic N) is 2. The lowest BCUT2D eigenvalue weighted by molar-refractivity contribution is 0.0183. The average molecular weight is 431 g/mol. The van der Waals surface area contributed by atoms with E-state index in [0.717, 1.165) is 17.0 Å². The van der Waals surface area contributed by atoms with Crippen molar-refractivity contribution in [2.24, 2.45) is 0 Å². The molecule has 3 aromatic carbocycles. The van der Waals surface area contributed by atoms with E-state index in [2.05, 4.69) is 0 Å². The summed E-state index contributed by atoms with van der Waals surface area (Å²) >= 11 is 5.95. The first-order chi connectivity index (χ1) is 15.0. The Kier molecular flexibility index (Phi) is 4.67. The number of methoxy groups -OCH3 is 1. The highest BCUT2D eigenvalue weighted by atomic mass is 32.1. The van der Waals surface area contributed by atoms with Gasteiger partial charge in [-0.15, -0.1) is 0 Å². The fourth-order valence-corrected chi connectivity index (χ4v) is 5.06. The first kappa shape index (κ1) is 19.6. The van der Waals surface area contributed by atoms with E-state index in [1.807, 2.05) is 78.6 Å². The van der Waals surface area contributed by atoms with Gasteiger partial charge in [0.25, 0.3) is 5.91 Å². The van der Waals surface area contributed by atoms with E-state index >= 15 is 0 Å². The molecule has 0 aromatic heterocycles. The standard InChI is InChI=1S/C25H22N2O3S/c1-25-16-20(18-12-6-9-15-22(18)30-25)26(23(28)19-13-7-8-14-21(19)29-2)24(31)27(25)17-10-4-3-5-11-17/h3-15,20H,16H2,1-2H3/t20-,25-/m1/s1. The molecule has 1 amide bonds. The molecule has 31 heavy (non-hydrogen) atoms. The molecule has 2 aliphatic rings. The van der Waals surface area contributed by atoms with E-state index in [9.17, 15) is 4.79 Å². The number of hydrogen-bond donors (Lipinski definition) is 0. The molecular formula is C25H22N2O3S. The van der Waals surface area contributed by atoms with Crippen LogP contribution in [0.2, 0.25) is 0 Å². The Bertz CT molecular complexity index is 1170. The number of hydrogen-bond acceptors (Lipinski definition) is 4. The zero-order valence-electron chi connectivity index (χ0n) is 17.3. The van der Waals surface area contributed by atoms with Crippen LogP contribution < -0.4 is 14.4 Å². The van der Waals surface area contributed by atoms with Crippen molar-refractivity contribution in [1.29, 1.82) is 0 Å². The van der Waals surface area contributed by atoms with Crippen LogP contribution in [0.3, 0.4) is 0 Å². The number of para-hydroxylation sites is 3. The zero-order valence-corrected chi connectivity index (χ0v) is 18.1. The molecule has 2 atom stereocenters. The van der Waals surface area contributed by atoms with Gasteiger partial charge < -0.3 is 9.47 Å². The molecule has 0 N–H and O–H groups in total. The van der Waals surface area contributed by atoms with Gasteiger partial charge in [0, 0.05) is 17.7 Å². The number of amides is 1. The van der Waals surface area contributed by atoms with Gasteiger partial charge in [0.15, 0.2) is 10.8 Å². The predicted octanol–water partition coefficient (Wildman–Crippen LogP) is 5.18. The zero-order chi connectivity index (χ0) is 21.6. The van der Waals surface area contributed by atoms with Crippen LogP contribution in [0.1, 0.15) is 35.3 Å². The summed E-state index contributed by atoms with van der Waals surface area (Å²) < 4.78 is 12.0. The fraction of sp³-hybridized carbons (Fsp3) is 0.200. The van der Waals surface area contributed by atoms with Gasteiger partial charge in [-0.2, -0.15) is 0 Å². The number of rotatable bonds is 3. The number of fused-ring (bicyclic) bond motifs is 4. The maximum absolute atomic E-state index is 13.9. The molecule has 1 saturated heterocycles. The summed E-state index contributed by atoms with van der Waals surface area (Å²) in [6, 6.07) is 24.7. The van der Waals surface area contributed by atoms with E-state index in [-0.39, 0.29) is 11.9 Å². The van der Waals surface area contributed by atoms with E-state index in [1.54, 1.807) is 24.1 Å². The molecule has 0 spiro atoms. The second-order valence-electron chi connectivity index (χ2n) is 7.86. The third kappa shape index (κ3) is 3.06. The monoisotopic (exact) mass is 430 g/mol. The minimum absolute atomic E-state index is 0.188. The molecule has 2 bridgehead atoms. The van der Waals surface area contributed by atoms with Gasteiger partial charge in [-0.25, -0.2) is 0 Å². The molecule has 0 unspecified atom stereocenters. The number of carbonyl (C=O) groups is 1. The van der Waals surface area contributed by atoms with Gasteiger partial charge in [-0.3, -0.25) is 14.6 Å². The molecule has 1 fully saturated rings. The maximum atomic E-state index is 13.9. The highest BCUT2D eigenvalue weighted by Crippen LogP contribution is 2.49. The third-order valence-corrected chi connectivity index (χ3v) is 6.31. The van der Waals surface area contributed by atoms with Crippen LogP contribution in [-0.4, -0.2) is 28.8 Å². The van der Waals surface area contributed by atoms with Gasteiger partial charge in [0.1, 0.15) is 11.5 Å².